The third-order valence-corrected chi connectivity index (χ3v) is 6.49. The predicted molar refractivity (Wildman–Crippen MR) is 129 cm³/mol. The third-order valence-electron chi connectivity index (χ3n) is 5.33. The van der Waals surface area contributed by atoms with Crippen LogP contribution in [0.5, 0.6) is 0 Å². The molecule has 7 heteroatoms. The molecule has 1 unspecified atom stereocenters. The van der Waals surface area contributed by atoms with E-state index in [1.54, 1.807) is 54.6 Å². The Morgan fingerprint density at radius 2 is 1.72 bits per heavy atom. The topological polar surface area (TPSA) is 113 Å². The Labute approximate surface area is 188 Å². The molecule has 4 N–H and O–H groups in total. The van der Waals surface area contributed by atoms with Crippen LogP contribution in [0.15, 0.2) is 77.7 Å². The minimum absolute atomic E-state index is 0.00175. The Kier molecular flexibility index (Phi) is 7.10. The maximum absolute atomic E-state index is 12.8. The van der Waals surface area contributed by atoms with E-state index >= 15 is 0 Å². The number of hydrogen-bond donors (Lipinski definition) is 3. The average Bonchev–Trinajstić information content (AvgIpc) is 2.77. The molecule has 1 atom stereocenters. The van der Waals surface area contributed by atoms with Gasteiger partial charge >= 0.3 is 0 Å². The average molecular weight is 450 g/mol. The molecule has 32 heavy (non-hydrogen) atoms. The van der Waals surface area contributed by atoms with E-state index in [4.69, 9.17) is 11.1 Å². The van der Waals surface area contributed by atoms with Crippen molar-refractivity contribution in [3.63, 3.8) is 0 Å². The van der Waals surface area contributed by atoms with Crippen molar-refractivity contribution in [3.8, 4) is 11.1 Å². The molecule has 0 saturated heterocycles. The summed E-state index contributed by atoms with van der Waals surface area (Å²) in [6.45, 7) is 1.96. The van der Waals surface area contributed by atoms with Crippen molar-refractivity contribution < 1.29 is 13.2 Å². The van der Waals surface area contributed by atoms with Crippen molar-refractivity contribution >= 4 is 27.3 Å². The van der Waals surface area contributed by atoms with Gasteiger partial charge in [0.2, 0.25) is 5.91 Å². The fourth-order valence-electron chi connectivity index (χ4n) is 3.58. The van der Waals surface area contributed by atoms with Gasteiger partial charge in [-0.25, -0.2) is 8.42 Å². The van der Waals surface area contributed by atoms with Gasteiger partial charge in [0.25, 0.3) is 0 Å². The zero-order valence-electron chi connectivity index (χ0n) is 18.1. The smallest absolute Gasteiger partial charge is 0.227 e. The lowest BCUT2D eigenvalue weighted by molar-refractivity contribution is -0.119. The van der Waals surface area contributed by atoms with Gasteiger partial charge in [-0.3, -0.25) is 10.2 Å². The number of benzene rings is 3. The third kappa shape index (κ3) is 5.62. The van der Waals surface area contributed by atoms with Crippen LogP contribution in [-0.2, 0) is 21.1 Å². The van der Waals surface area contributed by atoms with E-state index in [1.165, 1.54) is 6.26 Å². The summed E-state index contributed by atoms with van der Waals surface area (Å²) >= 11 is 0. The first-order chi connectivity index (χ1) is 15.2. The van der Waals surface area contributed by atoms with E-state index in [0.29, 0.717) is 29.7 Å². The lowest BCUT2D eigenvalue weighted by atomic mass is 9.94. The highest BCUT2D eigenvalue weighted by molar-refractivity contribution is 7.90. The molecule has 0 fully saturated rings. The number of rotatable bonds is 8. The summed E-state index contributed by atoms with van der Waals surface area (Å²) in [5.74, 6) is -0.324. The van der Waals surface area contributed by atoms with Crippen molar-refractivity contribution in [3.05, 3.63) is 83.9 Å². The van der Waals surface area contributed by atoms with Crippen molar-refractivity contribution in [2.75, 3.05) is 11.6 Å². The first-order valence-corrected chi connectivity index (χ1v) is 12.2. The van der Waals surface area contributed by atoms with Crippen LogP contribution in [0.4, 0.5) is 5.69 Å². The van der Waals surface area contributed by atoms with Gasteiger partial charge in [-0.15, -0.1) is 0 Å². The summed E-state index contributed by atoms with van der Waals surface area (Å²) < 4.78 is 24.2. The second-order valence-electron chi connectivity index (χ2n) is 7.76. The standard InChI is InChI=1S/C25H27N3O3S/c1-3-18(15-17-7-6-8-20(16-17)24(26)27)25(29)28-21-13-11-19(12-14-21)22-9-4-5-10-23(22)32(2,30)31/h4-14,16,18H,3,15H2,1-2H3,(H3,26,27)(H,28,29). The molecule has 0 radical (unpaired) electrons. The normalized spacial score (nSPS) is 12.2. The highest BCUT2D eigenvalue weighted by Gasteiger charge is 2.18. The van der Waals surface area contributed by atoms with Crippen LogP contribution in [0.1, 0.15) is 24.5 Å². The fraction of sp³-hybridized carbons (Fsp3) is 0.200. The minimum Gasteiger partial charge on any atom is -0.384 e. The molecule has 3 aromatic rings. The molecule has 0 heterocycles. The van der Waals surface area contributed by atoms with E-state index in [0.717, 1.165) is 11.1 Å². The number of hydrogen-bond acceptors (Lipinski definition) is 4. The molecule has 0 spiro atoms. The second kappa shape index (κ2) is 9.78. The molecule has 3 rings (SSSR count). The van der Waals surface area contributed by atoms with Crippen LogP contribution in [0.2, 0.25) is 0 Å². The highest BCUT2D eigenvalue weighted by atomic mass is 32.2. The summed E-state index contributed by atoms with van der Waals surface area (Å²) in [4.78, 5) is 13.1. The summed E-state index contributed by atoms with van der Waals surface area (Å²) in [7, 11) is -3.35. The van der Waals surface area contributed by atoms with E-state index in [2.05, 4.69) is 5.32 Å². The van der Waals surface area contributed by atoms with E-state index in [-0.39, 0.29) is 22.6 Å². The molecule has 0 aliphatic heterocycles. The monoisotopic (exact) mass is 449 g/mol. The number of anilines is 1. The van der Waals surface area contributed by atoms with Gasteiger partial charge in [0.1, 0.15) is 5.84 Å². The van der Waals surface area contributed by atoms with E-state index < -0.39 is 9.84 Å². The summed E-state index contributed by atoms with van der Waals surface area (Å²) in [5.41, 5.74) is 9.19. The van der Waals surface area contributed by atoms with Gasteiger partial charge in [0, 0.05) is 29.0 Å². The summed E-state index contributed by atoms with van der Waals surface area (Å²) in [6, 6.07) is 21.4. The molecule has 0 aliphatic carbocycles. The molecule has 1 amide bonds. The Morgan fingerprint density at radius 1 is 1.03 bits per heavy atom. The maximum atomic E-state index is 12.8. The van der Waals surface area contributed by atoms with Crippen LogP contribution >= 0.6 is 0 Å². The van der Waals surface area contributed by atoms with Crippen LogP contribution in [-0.4, -0.2) is 26.4 Å². The Morgan fingerprint density at radius 3 is 2.34 bits per heavy atom. The SMILES string of the molecule is CCC(Cc1cccc(C(=N)N)c1)C(=O)Nc1ccc(-c2ccccc2S(C)(=O)=O)cc1. The minimum atomic E-state index is -3.35. The summed E-state index contributed by atoms with van der Waals surface area (Å²) in [5, 5.41) is 10.5. The van der Waals surface area contributed by atoms with Crippen molar-refractivity contribution in [1.29, 1.82) is 5.41 Å². The number of sulfone groups is 1. The molecule has 6 nitrogen and oxygen atoms in total. The number of carbonyl (C=O) groups is 1. The van der Waals surface area contributed by atoms with Gasteiger partial charge in [0.05, 0.1) is 4.90 Å². The number of nitrogens with two attached hydrogens (primary N) is 1. The Bertz CT molecular complexity index is 1240. The number of nitrogen functional groups attached to an aromatic ring is 1. The van der Waals surface area contributed by atoms with Crippen molar-refractivity contribution in [1.82, 2.24) is 0 Å². The van der Waals surface area contributed by atoms with Crippen molar-refractivity contribution in [2.45, 2.75) is 24.7 Å². The van der Waals surface area contributed by atoms with E-state index in [1.807, 2.05) is 25.1 Å². The van der Waals surface area contributed by atoms with Gasteiger partial charge in [0.15, 0.2) is 9.84 Å². The lowest BCUT2D eigenvalue weighted by Gasteiger charge is -2.16. The second-order valence-corrected chi connectivity index (χ2v) is 9.74. The van der Waals surface area contributed by atoms with Crippen LogP contribution in [0, 0.1) is 11.3 Å². The first kappa shape index (κ1) is 23.2. The summed E-state index contributed by atoms with van der Waals surface area (Å²) in [6.07, 6.45) is 2.40. The molecule has 3 aromatic carbocycles. The molecule has 0 saturated carbocycles. The van der Waals surface area contributed by atoms with Crippen LogP contribution in [0.3, 0.4) is 0 Å². The van der Waals surface area contributed by atoms with Crippen LogP contribution in [0.25, 0.3) is 11.1 Å². The molecule has 0 aliphatic rings. The van der Waals surface area contributed by atoms with Crippen molar-refractivity contribution in [2.24, 2.45) is 11.7 Å². The quantitative estimate of drug-likeness (QED) is 0.352. The highest BCUT2D eigenvalue weighted by Crippen LogP contribution is 2.28. The number of carbonyl (C=O) groups excluding carboxylic acids is 1. The molecular formula is C25H27N3O3S. The van der Waals surface area contributed by atoms with E-state index in [9.17, 15) is 13.2 Å². The number of amidine groups is 1. The maximum Gasteiger partial charge on any atom is 0.227 e. The molecule has 0 bridgehead atoms. The fourth-order valence-corrected chi connectivity index (χ4v) is 4.49. The molecule has 0 aromatic heterocycles. The number of nitrogens with one attached hydrogen (secondary N) is 2. The predicted octanol–water partition coefficient (Wildman–Crippen LogP) is 4.25. The zero-order valence-corrected chi connectivity index (χ0v) is 18.9. The Hall–Kier alpha value is -3.45. The van der Waals surface area contributed by atoms with Gasteiger partial charge < -0.3 is 11.1 Å². The van der Waals surface area contributed by atoms with Gasteiger partial charge in [-0.05, 0) is 48.2 Å². The number of amides is 1. The first-order valence-electron chi connectivity index (χ1n) is 10.3. The lowest BCUT2D eigenvalue weighted by Crippen LogP contribution is -2.24. The molecule has 166 valence electrons. The Balaban J connectivity index is 1.74. The van der Waals surface area contributed by atoms with Crippen LogP contribution < -0.4 is 11.1 Å². The zero-order chi connectivity index (χ0) is 23.3. The van der Waals surface area contributed by atoms with Gasteiger partial charge in [-0.1, -0.05) is 55.5 Å². The van der Waals surface area contributed by atoms with Gasteiger partial charge in [-0.2, -0.15) is 0 Å². The molecular weight excluding hydrogens is 422 g/mol. The largest absolute Gasteiger partial charge is 0.384 e.